The summed E-state index contributed by atoms with van der Waals surface area (Å²) >= 11 is 0. The second-order valence-corrected chi connectivity index (χ2v) is 4.92. The van der Waals surface area contributed by atoms with Gasteiger partial charge in [-0.2, -0.15) is 0 Å². The number of hydrogen-bond donors (Lipinski definition) is 3. The van der Waals surface area contributed by atoms with Gasteiger partial charge in [0.25, 0.3) is 5.91 Å². The number of nitrogens with one attached hydrogen (secondary N) is 2. The molecule has 5 heteroatoms. The first-order valence-electron chi connectivity index (χ1n) is 6.44. The lowest BCUT2D eigenvalue weighted by atomic mass is 9.86. The maximum atomic E-state index is 12.1. The van der Waals surface area contributed by atoms with E-state index < -0.39 is 0 Å². The summed E-state index contributed by atoms with van der Waals surface area (Å²) in [7, 11) is 0. The van der Waals surface area contributed by atoms with Crippen LogP contribution in [0.2, 0.25) is 0 Å². The van der Waals surface area contributed by atoms with Crippen LogP contribution in [0, 0.1) is 5.92 Å². The summed E-state index contributed by atoms with van der Waals surface area (Å²) in [6.45, 7) is 2.19. The third-order valence-electron chi connectivity index (χ3n) is 3.59. The number of anilines is 1. The van der Waals surface area contributed by atoms with Crippen LogP contribution >= 0.6 is 0 Å². The van der Waals surface area contributed by atoms with Crippen molar-refractivity contribution in [3.63, 3.8) is 0 Å². The summed E-state index contributed by atoms with van der Waals surface area (Å²) in [6.07, 6.45) is 6.27. The first kappa shape index (κ1) is 12.8. The fraction of sp³-hybridized carbons (Fsp3) is 0.538. The van der Waals surface area contributed by atoms with Crippen molar-refractivity contribution in [2.45, 2.75) is 38.6 Å². The molecule has 1 amide bonds. The largest absolute Gasteiger partial charge is 0.348 e. The van der Waals surface area contributed by atoms with Crippen LogP contribution in [0.1, 0.15) is 43.1 Å². The molecule has 4 N–H and O–H groups in total. The monoisotopic (exact) mass is 248 g/mol. The van der Waals surface area contributed by atoms with E-state index in [1.54, 1.807) is 18.3 Å². The van der Waals surface area contributed by atoms with Gasteiger partial charge in [0.05, 0.1) is 5.69 Å². The van der Waals surface area contributed by atoms with Gasteiger partial charge < -0.3 is 10.7 Å². The molecule has 0 bridgehead atoms. The summed E-state index contributed by atoms with van der Waals surface area (Å²) in [5.41, 5.74) is 3.61. The number of hydrazine groups is 1. The van der Waals surface area contributed by atoms with Gasteiger partial charge in [-0.3, -0.25) is 15.6 Å². The summed E-state index contributed by atoms with van der Waals surface area (Å²) in [4.78, 5) is 16.2. The smallest absolute Gasteiger partial charge is 0.270 e. The Kier molecular flexibility index (Phi) is 4.15. The lowest BCUT2D eigenvalue weighted by Gasteiger charge is -2.29. The van der Waals surface area contributed by atoms with Gasteiger partial charge in [0, 0.05) is 12.2 Å². The minimum absolute atomic E-state index is 0.120. The third-order valence-corrected chi connectivity index (χ3v) is 3.59. The average Bonchev–Trinajstić information content (AvgIpc) is 2.41. The zero-order valence-electron chi connectivity index (χ0n) is 10.6. The number of carbonyl (C=O) groups is 1. The number of hydrogen-bond acceptors (Lipinski definition) is 4. The first-order chi connectivity index (χ1) is 8.70. The highest BCUT2D eigenvalue weighted by Crippen LogP contribution is 2.23. The van der Waals surface area contributed by atoms with E-state index in [4.69, 9.17) is 5.84 Å². The Bertz CT molecular complexity index is 421. The number of nitrogens with zero attached hydrogens (tertiary/aromatic N) is 1. The van der Waals surface area contributed by atoms with E-state index in [1.807, 2.05) is 0 Å². The first-order valence-corrected chi connectivity index (χ1v) is 6.44. The maximum Gasteiger partial charge on any atom is 0.270 e. The highest BCUT2D eigenvalue weighted by atomic mass is 16.1. The molecule has 0 radical (unpaired) electrons. The van der Waals surface area contributed by atoms with E-state index in [0.717, 1.165) is 6.42 Å². The number of amides is 1. The molecule has 1 aliphatic rings. The Morgan fingerprint density at radius 3 is 2.94 bits per heavy atom. The molecule has 0 spiro atoms. The number of carbonyl (C=O) groups excluding carboxylic acids is 1. The van der Waals surface area contributed by atoms with Crippen molar-refractivity contribution in [2.75, 3.05) is 5.43 Å². The van der Waals surface area contributed by atoms with Gasteiger partial charge in [0.2, 0.25) is 0 Å². The van der Waals surface area contributed by atoms with E-state index in [1.165, 1.54) is 19.3 Å². The summed E-state index contributed by atoms with van der Waals surface area (Å²) in [6, 6.07) is 3.64. The van der Waals surface area contributed by atoms with E-state index in [9.17, 15) is 4.79 Å². The van der Waals surface area contributed by atoms with Gasteiger partial charge in [0.1, 0.15) is 5.69 Å². The van der Waals surface area contributed by atoms with Gasteiger partial charge in [-0.25, -0.2) is 0 Å². The highest BCUT2D eigenvalue weighted by Gasteiger charge is 2.23. The van der Waals surface area contributed by atoms with Crippen molar-refractivity contribution in [1.29, 1.82) is 0 Å². The van der Waals surface area contributed by atoms with Crippen molar-refractivity contribution in [2.24, 2.45) is 11.8 Å². The molecule has 0 aromatic carbocycles. The van der Waals surface area contributed by atoms with E-state index in [-0.39, 0.29) is 11.9 Å². The van der Waals surface area contributed by atoms with Crippen molar-refractivity contribution < 1.29 is 4.79 Å². The number of pyridine rings is 1. The van der Waals surface area contributed by atoms with Crippen molar-refractivity contribution >= 4 is 11.6 Å². The zero-order valence-corrected chi connectivity index (χ0v) is 10.6. The van der Waals surface area contributed by atoms with Gasteiger partial charge >= 0.3 is 0 Å². The quantitative estimate of drug-likeness (QED) is 0.561. The normalized spacial score (nSPS) is 23.4. The minimum atomic E-state index is -0.120. The average molecular weight is 248 g/mol. The van der Waals surface area contributed by atoms with Crippen LogP contribution in [0.3, 0.4) is 0 Å². The van der Waals surface area contributed by atoms with Gasteiger partial charge in [-0.05, 0) is 30.9 Å². The van der Waals surface area contributed by atoms with Crippen LogP contribution in [0.4, 0.5) is 5.69 Å². The SMILES string of the molecule is CC1CCCCC1NC(=O)c1cc(NN)ccn1. The maximum absolute atomic E-state index is 12.1. The predicted molar refractivity (Wildman–Crippen MR) is 70.9 cm³/mol. The Morgan fingerprint density at radius 2 is 2.22 bits per heavy atom. The lowest BCUT2D eigenvalue weighted by Crippen LogP contribution is -2.41. The van der Waals surface area contributed by atoms with E-state index in [2.05, 4.69) is 22.7 Å². The molecule has 2 unspecified atom stereocenters. The molecule has 1 aliphatic carbocycles. The Morgan fingerprint density at radius 1 is 1.44 bits per heavy atom. The Balaban J connectivity index is 2.02. The highest BCUT2D eigenvalue weighted by molar-refractivity contribution is 5.93. The van der Waals surface area contributed by atoms with E-state index >= 15 is 0 Å². The number of nitrogens with two attached hydrogens (primary N) is 1. The molecule has 2 rings (SSSR count). The van der Waals surface area contributed by atoms with Gasteiger partial charge in [0.15, 0.2) is 0 Å². The van der Waals surface area contributed by atoms with Crippen LogP contribution in [-0.2, 0) is 0 Å². The standard InChI is InChI=1S/C13H20N4O/c1-9-4-2-3-5-11(9)16-13(18)12-8-10(17-14)6-7-15-12/h6-9,11H,2-5,14H2,1H3,(H,15,17)(H,16,18). The molecule has 0 saturated heterocycles. The van der Waals surface area contributed by atoms with Crippen molar-refractivity contribution in [1.82, 2.24) is 10.3 Å². The van der Waals surface area contributed by atoms with E-state index in [0.29, 0.717) is 17.3 Å². The summed E-state index contributed by atoms with van der Waals surface area (Å²) in [5.74, 6) is 5.74. The van der Waals surface area contributed by atoms with Crippen LogP contribution < -0.4 is 16.6 Å². The van der Waals surface area contributed by atoms with Crippen molar-refractivity contribution in [3.05, 3.63) is 24.0 Å². The zero-order chi connectivity index (χ0) is 13.0. The predicted octanol–water partition coefficient (Wildman–Crippen LogP) is 1.68. The molecule has 1 saturated carbocycles. The topological polar surface area (TPSA) is 80.0 Å². The lowest BCUT2D eigenvalue weighted by molar-refractivity contribution is 0.0905. The second-order valence-electron chi connectivity index (χ2n) is 4.92. The van der Waals surface area contributed by atoms with Gasteiger partial charge in [-0.1, -0.05) is 19.8 Å². The van der Waals surface area contributed by atoms with Crippen LogP contribution in [0.5, 0.6) is 0 Å². The Labute approximate surface area is 107 Å². The molecule has 1 fully saturated rings. The summed E-state index contributed by atoms with van der Waals surface area (Å²) in [5, 5.41) is 3.07. The van der Waals surface area contributed by atoms with Gasteiger partial charge in [-0.15, -0.1) is 0 Å². The molecular weight excluding hydrogens is 228 g/mol. The fourth-order valence-corrected chi connectivity index (χ4v) is 2.42. The molecule has 1 aromatic rings. The fourth-order valence-electron chi connectivity index (χ4n) is 2.42. The number of aromatic nitrogens is 1. The van der Waals surface area contributed by atoms with Crippen LogP contribution in [-0.4, -0.2) is 16.9 Å². The molecule has 1 heterocycles. The molecule has 1 aromatic heterocycles. The second kappa shape index (κ2) is 5.82. The molecule has 2 atom stereocenters. The Hall–Kier alpha value is -1.62. The number of nitrogen functional groups attached to an aromatic ring is 1. The number of rotatable bonds is 3. The molecule has 18 heavy (non-hydrogen) atoms. The molecule has 0 aliphatic heterocycles. The minimum Gasteiger partial charge on any atom is -0.348 e. The summed E-state index contributed by atoms with van der Waals surface area (Å²) < 4.78 is 0. The molecule has 98 valence electrons. The van der Waals surface area contributed by atoms with Crippen LogP contribution in [0.15, 0.2) is 18.3 Å². The molecule has 5 nitrogen and oxygen atoms in total. The molecular formula is C13H20N4O. The van der Waals surface area contributed by atoms with Crippen LogP contribution in [0.25, 0.3) is 0 Å². The third kappa shape index (κ3) is 2.98. The van der Waals surface area contributed by atoms with Crippen molar-refractivity contribution in [3.8, 4) is 0 Å².